The van der Waals surface area contributed by atoms with Gasteiger partial charge in [-0.15, -0.1) is 0 Å². The van der Waals surface area contributed by atoms with Crippen LogP contribution in [0, 0.1) is 11.7 Å². The van der Waals surface area contributed by atoms with Gasteiger partial charge in [0.1, 0.15) is 11.6 Å². The highest BCUT2D eigenvalue weighted by molar-refractivity contribution is 5.98. The molecule has 1 aromatic rings. The van der Waals surface area contributed by atoms with Crippen LogP contribution < -0.4 is 10.6 Å². The second-order valence-corrected chi connectivity index (χ2v) is 4.35. The molecule has 1 aromatic heterocycles. The quantitative estimate of drug-likeness (QED) is 0.790. The van der Waals surface area contributed by atoms with Gasteiger partial charge in [0.15, 0.2) is 0 Å². The lowest BCUT2D eigenvalue weighted by Gasteiger charge is -2.13. The van der Waals surface area contributed by atoms with Gasteiger partial charge in [0, 0.05) is 20.2 Å². The maximum Gasteiger partial charge on any atom is 0.255 e. The number of nitrogens with zero attached hydrogens (tertiary/aromatic N) is 1. The van der Waals surface area contributed by atoms with Crippen molar-refractivity contribution in [3.05, 3.63) is 23.6 Å². The molecular formula is C13H20FN3O2. The predicted molar refractivity (Wildman–Crippen MR) is 71.7 cm³/mol. The van der Waals surface area contributed by atoms with Crippen molar-refractivity contribution in [2.45, 2.75) is 13.8 Å². The van der Waals surface area contributed by atoms with E-state index in [0.717, 1.165) is 6.20 Å². The molecule has 1 heterocycles. The molecule has 0 spiro atoms. The number of halogens is 1. The first-order valence-electron chi connectivity index (χ1n) is 6.25. The summed E-state index contributed by atoms with van der Waals surface area (Å²) in [5, 5.41) is 5.68. The smallest absolute Gasteiger partial charge is 0.255 e. The summed E-state index contributed by atoms with van der Waals surface area (Å²) in [5.74, 6) is -0.290. The fourth-order valence-corrected chi connectivity index (χ4v) is 1.63. The van der Waals surface area contributed by atoms with Crippen LogP contribution in [0.4, 0.5) is 10.2 Å². The fourth-order valence-electron chi connectivity index (χ4n) is 1.63. The van der Waals surface area contributed by atoms with E-state index in [4.69, 9.17) is 4.74 Å². The Hall–Kier alpha value is -1.69. The van der Waals surface area contributed by atoms with Crippen LogP contribution in [0.15, 0.2) is 12.3 Å². The molecule has 0 aliphatic carbocycles. The fraction of sp³-hybridized carbons (Fsp3) is 0.538. The van der Waals surface area contributed by atoms with Crippen molar-refractivity contribution in [3.8, 4) is 0 Å². The van der Waals surface area contributed by atoms with E-state index in [1.54, 1.807) is 7.11 Å². The SMILES string of the molecule is CCNc1ncc(F)cc1C(=O)NCC(C)COC. The summed E-state index contributed by atoms with van der Waals surface area (Å²) in [6.45, 7) is 5.47. The Morgan fingerprint density at radius 1 is 1.58 bits per heavy atom. The molecular weight excluding hydrogens is 249 g/mol. The summed E-state index contributed by atoms with van der Waals surface area (Å²) in [6.07, 6.45) is 1.09. The summed E-state index contributed by atoms with van der Waals surface area (Å²) in [7, 11) is 1.61. The molecule has 0 fully saturated rings. The molecule has 5 nitrogen and oxygen atoms in total. The minimum Gasteiger partial charge on any atom is -0.384 e. The number of hydrogen-bond acceptors (Lipinski definition) is 4. The van der Waals surface area contributed by atoms with E-state index in [2.05, 4.69) is 15.6 Å². The molecule has 0 aromatic carbocycles. The monoisotopic (exact) mass is 269 g/mol. The second-order valence-electron chi connectivity index (χ2n) is 4.35. The number of aromatic nitrogens is 1. The molecule has 0 aliphatic heterocycles. The van der Waals surface area contributed by atoms with Gasteiger partial charge in [-0.1, -0.05) is 6.92 Å². The van der Waals surface area contributed by atoms with Gasteiger partial charge in [0.2, 0.25) is 0 Å². The van der Waals surface area contributed by atoms with Crippen molar-refractivity contribution in [2.75, 3.05) is 32.1 Å². The number of ether oxygens (including phenoxy) is 1. The number of carbonyl (C=O) groups excluding carboxylic acids is 1. The summed E-state index contributed by atoms with van der Waals surface area (Å²) >= 11 is 0. The number of anilines is 1. The standard InChI is InChI=1S/C13H20FN3O2/c1-4-15-12-11(5-10(14)7-16-12)13(18)17-6-9(2)8-19-3/h5,7,9H,4,6,8H2,1-3H3,(H,15,16)(H,17,18). The van der Waals surface area contributed by atoms with E-state index < -0.39 is 5.82 Å². The largest absolute Gasteiger partial charge is 0.384 e. The van der Waals surface area contributed by atoms with Crippen LogP contribution in [0.25, 0.3) is 0 Å². The molecule has 1 amide bonds. The van der Waals surface area contributed by atoms with E-state index in [1.807, 2.05) is 13.8 Å². The molecule has 6 heteroatoms. The molecule has 2 N–H and O–H groups in total. The van der Waals surface area contributed by atoms with Crippen molar-refractivity contribution in [2.24, 2.45) is 5.92 Å². The van der Waals surface area contributed by atoms with Gasteiger partial charge in [-0.3, -0.25) is 4.79 Å². The lowest BCUT2D eigenvalue weighted by atomic mass is 10.2. The maximum atomic E-state index is 13.2. The van der Waals surface area contributed by atoms with Gasteiger partial charge in [0.05, 0.1) is 18.4 Å². The van der Waals surface area contributed by atoms with Gasteiger partial charge >= 0.3 is 0 Å². The van der Waals surface area contributed by atoms with Crippen molar-refractivity contribution >= 4 is 11.7 Å². The third-order valence-electron chi connectivity index (χ3n) is 2.51. The highest BCUT2D eigenvalue weighted by Crippen LogP contribution is 2.13. The Bertz CT molecular complexity index is 426. The lowest BCUT2D eigenvalue weighted by molar-refractivity contribution is 0.0934. The molecule has 106 valence electrons. The van der Waals surface area contributed by atoms with Crippen LogP contribution in [0.1, 0.15) is 24.2 Å². The van der Waals surface area contributed by atoms with E-state index in [-0.39, 0.29) is 17.4 Å². The minimum absolute atomic E-state index is 0.193. The normalized spacial score (nSPS) is 12.0. The average Bonchev–Trinajstić information content (AvgIpc) is 2.38. The highest BCUT2D eigenvalue weighted by atomic mass is 19.1. The molecule has 0 bridgehead atoms. The number of carbonyl (C=O) groups is 1. The molecule has 19 heavy (non-hydrogen) atoms. The average molecular weight is 269 g/mol. The number of methoxy groups -OCH3 is 1. The van der Waals surface area contributed by atoms with E-state index in [1.165, 1.54) is 6.07 Å². The molecule has 1 atom stereocenters. The Labute approximate surface area is 112 Å². The van der Waals surface area contributed by atoms with Crippen LogP contribution in [0.2, 0.25) is 0 Å². The number of nitrogens with one attached hydrogen (secondary N) is 2. The number of pyridine rings is 1. The van der Waals surface area contributed by atoms with Gasteiger partial charge in [-0.25, -0.2) is 9.37 Å². The zero-order valence-electron chi connectivity index (χ0n) is 11.5. The summed E-state index contributed by atoms with van der Waals surface area (Å²) in [4.78, 5) is 15.9. The van der Waals surface area contributed by atoms with Crippen LogP contribution in [-0.2, 0) is 4.74 Å². The van der Waals surface area contributed by atoms with Crippen molar-refractivity contribution in [1.29, 1.82) is 0 Å². The third kappa shape index (κ3) is 4.82. The molecule has 0 saturated carbocycles. The molecule has 0 radical (unpaired) electrons. The van der Waals surface area contributed by atoms with Crippen LogP contribution in [-0.4, -0.2) is 37.7 Å². The molecule has 0 aliphatic rings. The van der Waals surface area contributed by atoms with Crippen molar-refractivity contribution in [1.82, 2.24) is 10.3 Å². The van der Waals surface area contributed by atoms with E-state index >= 15 is 0 Å². The number of hydrogen-bond donors (Lipinski definition) is 2. The Balaban J connectivity index is 2.72. The summed E-state index contributed by atoms with van der Waals surface area (Å²) in [5.41, 5.74) is 0.214. The molecule has 1 rings (SSSR count). The molecule has 1 unspecified atom stereocenters. The van der Waals surface area contributed by atoms with Crippen LogP contribution >= 0.6 is 0 Å². The minimum atomic E-state index is -0.531. The van der Waals surface area contributed by atoms with E-state index in [0.29, 0.717) is 25.5 Å². The first kappa shape index (κ1) is 15.4. The maximum absolute atomic E-state index is 13.2. The van der Waals surface area contributed by atoms with Gasteiger partial charge < -0.3 is 15.4 Å². The predicted octanol–water partition coefficient (Wildman–Crippen LogP) is 1.66. The number of amides is 1. The van der Waals surface area contributed by atoms with Gasteiger partial charge in [-0.05, 0) is 18.9 Å². The van der Waals surface area contributed by atoms with Crippen molar-refractivity contribution < 1.29 is 13.9 Å². The van der Waals surface area contributed by atoms with Crippen molar-refractivity contribution in [3.63, 3.8) is 0 Å². The lowest BCUT2D eigenvalue weighted by Crippen LogP contribution is -2.30. The highest BCUT2D eigenvalue weighted by Gasteiger charge is 2.14. The van der Waals surface area contributed by atoms with Gasteiger partial charge in [-0.2, -0.15) is 0 Å². The first-order chi connectivity index (χ1) is 9.08. The Morgan fingerprint density at radius 3 is 2.95 bits per heavy atom. The van der Waals surface area contributed by atoms with E-state index in [9.17, 15) is 9.18 Å². The first-order valence-corrected chi connectivity index (χ1v) is 6.25. The van der Waals surface area contributed by atoms with Gasteiger partial charge in [0.25, 0.3) is 5.91 Å². The molecule has 0 saturated heterocycles. The Morgan fingerprint density at radius 2 is 2.32 bits per heavy atom. The van der Waals surface area contributed by atoms with Crippen LogP contribution in [0.3, 0.4) is 0 Å². The third-order valence-corrected chi connectivity index (χ3v) is 2.51. The zero-order valence-corrected chi connectivity index (χ0v) is 11.5. The number of rotatable bonds is 7. The topological polar surface area (TPSA) is 63.2 Å². The Kier molecular flexibility index (Phi) is 6.21. The summed E-state index contributed by atoms with van der Waals surface area (Å²) < 4.78 is 18.2. The second kappa shape index (κ2) is 7.68. The van der Waals surface area contributed by atoms with Crippen LogP contribution in [0.5, 0.6) is 0 Å². The summed E-state index contributed by atoms with van der Waals surface area (Å²) in [6, 6.07) is 1.18. The zero-order chi connectivity index (χ0) is 14.3.